The molecule has 1 aromatic rings. The van der Waals surface area contributed by atoms with Crippen LogP contribution in [0.15, 0.2) is 24.3 Å². The second kappa shape index (κ2) is 6.49. The summed E-state index contributed by atoms with van der Waals surface area (Å²) in [4.78, 5) is 10.7. The summed E-state index contributed by atoms with van der Waals surface area (Å²) in [7, 11) is 0. The molecule has 1 saturated heterocycles. The molecule has 23 heavy (non-hydrogen) atoms. The van der Waals surface area contributed by atoms with Gasteiger partial charge < -0.3 is 0 Å². The molecule has 4 atom stereocenters. The minimum absolute atomic E-state index is 0.0433. The Balaban J connectivity index is 1.59. The number of nitro benzene ring substituents is 1. The molecule has 7 heteroatoms. The van der Waals surface area contributed by atoms with Crippen LogP contribution in [-0.2, 0) is 9.47 Å². The van der Waals surface area contributed by atoms with E-state index in [1.54, 1.807) is 12.1 Å². The van der Waals surface area contributed by atoms with Gasteiger partial charge in [-0.1, -0.05) is 0 Å². The summed E-state index contributed by atoms with van der Waals surface area (Å²) in [5.74, 6) is -0.389. The molecule has 0 radical (unpaired) electrons. The first-order valence-electron chi connectivity index (χ1n) is 7.77. The van der Waals surface area contributed by atoms with Crippen molar-refractivity contribution >= 4 is 25.1 Å². The molecule has 3 rings (SSSR count). The standard InChI is InChI=1S/C16H21NO5Se/c1-16(2)21-14-10(9-12(18)15(14)22-16)7-8-23-13-6-4-3-5-11(13)17(19)20/h3-6,10,12,14-15,18H,7-9H2,1-2H3/t10-,12-,14-,15+/m0/s1. The average molecular weight is 386 g/mol. The number of aliphatic hydroxyl groups is 1. The summed E-state index contributed by atoms with van der Waals surface area (Å²) in [5.41, 5.74) is 0.207. The van der Waals surface area contributed by atoms with Crippen molar-refractivity contribution in [3.05, 3.63) is 34.4 Å². The topological polar surface area (TPSA) is 81.8 Å². The van der Waals surface area contributed by atoms with Gasteiger partial charge in [0.05, 0.1) is 0 Å². The van der Waals surface area contributed by atoms with Crippen molar-refractivity contribution in [1.29, 1.82) is 0 Å². The van der Waals surface area contributed by atoms with Gasteiger partial charge in [0.1, 0.15) is 0 Å². The van der Waals surface area contributed by atoms with Gasteiger partial charge in [-0.3, -0.25) is 0 Å². The van der Waals surface area contributed by atoms with Crippen LogP contribution in [0.4, 0.5) is 5.69 Å². The van der Waals surface area contributed by atoms with Gasteiger partial charge in [0.2, 0.25) is 0 Å². The van der Waals surface area contributed by atoms with E-state index in [2.05, 4.69) is 0 Å². The molecular weight excluding hydrogens is 365 g/mol. The fourth-order valence-corrected chi connectivity index (χ4v) is 5.71. The predicted molar refractivity (Wildman–Crippen MR) is 85.8 cm³/mol. The van der Waals surface area contributed by atoms with Gasteiger partial charge in [-0.15, -0.1) is 0 Å². The van der Waals surface area contributed by atoms with E-state index in [9.17, 15) is 15.2 Å². The number of nitrogens with zero attached hydrogens (tertiary/aromatic N) is 1. The first kappa shape index (κ1) is 16.9. The quantitative estimate of drug-likeness (QED) is 0.473. The van der Waals surface area contributed by atoms with E-state index in [0.717, 1.165) is 16.2 Å². The van der Waals surface area contributed by atoms with Gasteiger partial charge in [-0.25, -0.2) is 0 Å². The Morgan fingerprint density at radius 3 is 2.78 bits per heavy atom. The van der Waals surface area contributed by atoms with Gasteiger partial charge in [0.25, 0.3) is 0 Å². The summed E-state index contributed by atoms with van der Waals surface area (Å²) >= 11 is 0.0433. The number of hydrogen-bond acceptors (Lipinski definition) is 5. The average Bonchev–Trinajstić information content (AvgIpc) is 2.95. The zero-order chi connectivity index (χ0) is 16.6. The number of hydrogen-bond donors (Lipinski definition) is 1. The predicted octanol–water partition coefficient (Wildman–Crippen LogP) is 1.63. The van der Waals surface area contributed by atoms with E-state index in [1.165, 1.54) is 0 Å². The van der Waals surface area contributed by atoms with Crippen molar-refractivity contribution in [2.75, 3.05) is 0 Å². The first-order chi connectivity index (χ1) is 10.9. The van der Waals surface area contributed by atoms with E-state index in [4.69, 9.17) is 9.47 Å². The van der Waals surface area contributed by atoms with Crippen molar-refractivity contribution < 1.29 is 19.5 Å². The first-order valence-corrected chi connectivity index (χ1v) is 9.84. The van der Waals surface area contributed by atoms with Crippen LogP contribution in [0.1, 0.15) is 26.7 Å². The Morgan fingerprint density at radius 1 is 1.35 bits per heavy atom. The number of benzene rings is 1. The molecule has 0 aromatic heterocycles. The summed E-state index contributed by atoms with van der Waals surface area (Å²) in [5, 5.41) is 22.1. The second-order valence-corrected chi connectivity index (χ2v) is 8.87. The molecule has 1 N–H and O–H groups in total. The summed E-state index contributed by atoms with van der Waals surface area (Å²) in [6.45, 7) is 3.73. The molecule has 0 unspecified atom stereocenters. The molecule has 6 nitrogen and oxygen atoms in total. The van der Waals surface area contributed by atoms with Crippen LogP contribution in [0.2, 0.25) is 5.32 Å². The Labute approximate surface area is 141 Å². The van der Waals surface area contributed by atoms with E-state index in [-0.39, 0.29) is 43.7 Å². The summed E-state index contributed by atoms with van der Waals surface area (Å²) in [6, 6.07) is 6.93. The monoisotopic (exact) mass is 387 g/mol. The number of nitro groups is 1. The Hall–Kier alpha value is -0.981. The number of fused-ring (bicyclic) bond motifs is 1. The van der Waals surface area contributed by atoms with Crippen LogP contribution in [-0.4, -0.2) is 49.1 Å². The molecule has 0 bridgehead atoms. The fraction of sp³-hybridized carbons (Fsp3) is 0.625. The second-order valence-electron chi connectivity index (χ2n) is 6.49. The molecule has 0 amide bonds. The van der Waals surface area contributed by atoms with E-state index >= 15 is 0 Å². The van der Waals surface area contributed by atoms with Crippen molar-refractivity contribution in [2.45, 2.75) is 56.1 Å². The molecule has 1 aliphatic carbocycles. The number of ether oxygens (including phenoxy) is 2. The third-order valence-corrected chi connectivity index (χ3v) is 6.66. The molecule has 1 saturated carbocycles. The van der Waals surface area contributed by atoms with Crippen LogP contribution < -0.4 is 4.46 Å². The molecule has 1 aromatic carbocycles. The van der Waals surface area contributed by atoms with Crippen LogP contribution in [0.3, 0.4) is 0 Å². The van der Waals surface area contributed by atoms with Crippen molar-refractivity contribution in [3.8, 4) is 0 Å². The zero-order valence-corrected chi connectivity index (χ0v) is 14.9. The van der Waals surface area contributed by atoms with Gasteiger partial charge in [0, 0.05) is 0 Å². The van der Waals surface area contributed by atoms with E-state index < -0.39 is 11.9 Å². The van der Waals surface area contributed by atoms with Crippen LogP contribution in [0.5, 0.6) is 0 Å². The molecule has 1 aliphatic heterocycles. The van der Waals surface area contributed by atoms with E-state index in [0.29, 0.717) is 6.42 Å². The zero-order valence-electron chi connectivity index (χ0n) is 13.2. The SMILES string of the molecule is CC1(C)O[C@H]2[C@@H](CC[Se]c3ccccc3[N+](=O)[O-])C[C@H](O)[C@H]2O1. The molecule has 126 valence electrons. The Kier molecular flexibility index (Phi) is 4.76. The number of rotatable bonds is 5. The molecule has 0 spiro atoms. The molecule has 2 aliphatic rings. The molecular formula is C16H21NO5Se. The Bertz CT molecular complexity index is 594. The van der Waals surface area contributed by atoms with Gasteiger partial charge in [-0.05, 0) is 0 Å². The third-order valence-electron chi connectivity index (χ3n) is 4.36. The number of para-hydroxylation sites is 1. The third kappa shape index (κ3) is 3.59. The van der Waals surface area contributed by atoms with Crippen LogP contribution in [0.25, 0.3) is 0 Å². The van der Waals surface area contributed by atoms with Crippen LogP contribution >= 0.6 is 0 Å². The normalized spacial score (nSPS) is 32.0. The van der Waals surface area contributed by atoms with Crippen molar-refractivity contribution in [1.82, 2.24) is 0 Å². The number of aliphatic hydroxyl groups excluding tert-OH is 1. The molecule has 2 fully saturated rings. The summed E-state index contributed by atoms with van der Waals surface area (Å²) < 4.78 is 12.5. The Morgan fingerprint density at radius 2 is 2.04 bits per heavy atom. The van der Waals surface area contributed by atoms with Crippen molar-refractivity contribution in [3.63, 3.8) is 0 Å². The fourth-order valence-electron chi connectivity index (χ4n) is 3.39. The van der Waals surface area contributed by atoms with E-state index in [1.807, 2.05) is 26.0 Å². The maximum absolute atomic E-state index is 11.1. The van der Waals surface area contributed by atoms with Crippen molar-refractivity contribution in [2.24, 2.45) is 5.92 Å². The maximum atomic E-state index is 11.1. The summed E-state index contributed by atoms with van der Waals surface area (Å²) in [6.07, 6.45) is 0.780. The van der Waals surface area contributed by atoms with Crippen LogP contribution in [0, 0.1) is 16.0 Å². The minimum atomic E-state index is -0.641. The van der Waals surface area contributed by atoms with Gasteiger partial charge in [0.15, 0.2) is 0 Å². The van der Waals surface area contributed by atoms with Gasteiger partial charge >= 0.3 is 141 Å². The van der Waals surface area contributed by atoms with Gasteiger partial charge in [-0.2, -0.15) is 0 Å². The molecule has 1 heterocycles.